The maximum Gasteiger partial charge on any atom is 0.305 e. The molecule has 0 aromatic heterocycles. The summed E-state index contributed by atoms with van der Waals surface area (Å²) in [6.07, 6.45) is 4.40. The van der Waals surface area contributed by atoms with Gasteiger partial charge in [-0.25, -0.2) is 0 Å². The van der Waals surface area contributed by atoms with Gasteiger partial charge in [-0.1, -0.05) is 19.3 Å². The van der Waals surface area contributed by atoms with E-state index in [1.54, 1.807) is 30.3 Å². The van der Waals surface area contributed by atoms with E-state index in [0.29, 0.717) is 11.4 Å². The molecule has 13 nitrogen and oxygen atoms in total. The molecule has 3 rings (SSSR count). The highest BCUT2D eigenvalue weighted by molar-refractivity contribution is 5.92. The van der Waals surface area contributed by atoms with Gasteiger partial charge >= 0.3 is 11.4 Å². The second-order valence-electron chi connectivity index (χ2n) is 7.79. The molecule has 0 unspecified atom stereocenters. The number of anilines is 2. The molecule has 0 heterocycles. The quantitative estimate of drug-likeness (QED) is 0.289. The van der Waals surface area contributed by atoms with Gasteiger partial charge in [0.05, 0.1) is 23.0 Å². The zero-order chi connectivity index (χ0) is 25.4. The number of benzene rings is 2. The number of azo groups is 1. The topological polar surface area (TPSA) is 185 Å². The van der Waals surface area contributed by atoms with E-state index in [1.807, 2.05) is 0 Å². The van der Waals surface area contributed by atoms with E-state index < -0.39 is 39.4 Å². The number of nitrogens with one attached hydrogen (secondary N) is 2. The molecular formula is C22H23N7O6. The van der Waals surface area contributed by atoms with Gasteiger partial charge in [0.25, 0.3) is 0 Å². The minimum absolute atomic E-state index is 0.115. The molecule has 182 valence electrons. The van der Waals surface area contributed by atoms with Crippen LogP contribution in [0.1, 0.15) is 37.7 Å². The van der Waals surface area contributed by atoms with Gasteiger partial charge in [-0.2, -0.15) is 10.4 Å². The molecule has 0 spiro atoms. The molecule has 2 aromatic carbocycles. The normalized spacial score (nSPS) is 13.7. The zero-order valence-corrected chi connectivity index (χ0v) is 18.9. The van der Waals surface area contributed by atoms with Crippen molar-refractivity contribution in [2.45, 2.75) is 38.1 Å². The zero-order valence-electron chi connectivity index (χ0n) is 18.9. The van der Waals surface area contributed by atoms with Gasteiger partial charge in [-0.05, 0) is 37.1 Å². The van der Waals surface area contributed by atoms with Crippen LogP contribution in [0.5, 0.6) is 5.75 Å². The Kier molecular flexibility index (Phi) is 8.23. The number of hydrogen-bond acceptors (Lipinski definition) is 10. The summed E-state index contributed by atoms with van der Waals surface area (Å²) in [5.41, 5.74) is -1.80. The number of nitrogens with zero attached hydrogens (tertiary/aromatic N) is 5. The van der Waals surface area contributed by atoms with Gasteiger partial charge in [0.1, 0.15) is 29.6 Å². The van der Waals surface area contributed by atoms with Crippen molar-refractivity contribution in [3.63, 3.8) is 0 Å². The number of rotatable bonds is 9. The summed E-state index contributed by atoms with van der Waals surface area (Å²) in [7, 11) is 1.51. The Morgan fingerprint density at radius 2 is 1.80 bits per heavy atom. The first-order valence-corrected chi connectivity index (χ1v) is 10.8. The van der Waals surface area contributed by atoms with Crippen molar-refractivity contribution in [2.75, 3.05) is 24.3 Å². The van der Waals surface area contributed by atoms with Crippen LogP contribution in [0.3, 0.4) is 0 Å². The van der Waals surface area contributed by atoms with Crippen LogP contribution in [0.15, 0.2) is 40.6 Å². The van der Waals surface area contributed by atoms with E-state index in [0.717, 1.165) is 38.2 Å². The van der Waals surface area contributed by atoms with E-state index in [1.165, 1.54) is 7.11 Å². The van der Waals surface area contributed by atoms with Crippen molar-refractivity contribution < 1.29 is 19.4 Å². The monoisotopic (exact) mass is 481 g/mol. The number of nitriles is 1. The van der Waals surface area contributed by atoms with Crippen molar-refractivity contribution in [3.8, 4) is 11.8 Å². The molecule has 1 amide bonds. The Morgan fingerprint density at radius 1 is 1.14 bits per heavy atom. The predicted octanol–water partition coefficient (Wildman–Crippen LogP) is 4.85. The molecule has 1 aliphatic carbocycles. The van der Waals surface area contributed by atoms with Crippen molar-refractivity contribution >= 4 is 34.3 Å². The fourth-order valence-electron chi connectivity index (χ4n) is 3.78. The smallest absolute Gasteiger partial charge is 0.305 e. The second-order valence-corrected chi connectivity index (χ2v) is 7.79. The van der Waals surface area contributed by atoms with Gasteiger partial charge in [0.2, 0.25) is 5.91 Å². The molecule has 0 bridgehead atoms. The van der Waals surface area contributed by atoms with Gasteiger partial charge < -0.3 is 15.4 Å². The summed E-state index contributed by atoms with van der Waals surface area (Å²) in [6.45, 7) is -0.490. The third kappa shape index (κ3) is 6.26. The average molecular weight is 481 g/mol. The van der Waals surface area contributed by atoms with E-state index >= 15 is 0 Å². The van der Waals surface area contributed by atoms with Crippen molar-refractivity contribution in [1.82, 2.24) is 0 Å². The maximum absolute atomic E-state index is 12.2. The fraction of sp³-hybridized carbons (Fsp3) is 0.364. The van der Waals surface area contributed by atoms with Gasteiger partial charge in [0, 0.05) is 11.7 Å². The molecular weight excluding hydrogens is 458 g/mol. The lowest BCUT2D eigenvalue weighted by molar-refractivity contribution is -0.393. The number of carbonyl (C=O) groups excluding carboxylic acids is 1. The summed E-state index contributed by atoms with van der Waals surface area (Å²) >= 11 is 0. The summed E-state index contributed by atoms with van der Waals surface area (Å²) in [4.78, 5) is 33.8. The van der Waals surface area contributed by atoms with E-state index in [9.17, 15) is 30.3 Å². The molecule has 0 aliphatic heterocycles. The van der Waals surface area contributed by atoms with Crippen LogP contribution in [0.4, 0.5) is 28.4 Å². The number of ether oxygens (including phenoxy) is 1. The molecule has 2 aromatic rings. The molecule has 13 heteroatoms. The van der Waals surface area contributed by atoms with Crippen molar-refractivity contribution in [1.29, 1.82) is 5.26 Å². The maximum atomic E-state index is 12.2. The minimum atomic E-state index is -0.871. The number of carbonyl (C=O) groups is 1. The lowest BCUT2D eigenvalue weighted by Crippen LogP contribution is -2.23. The third-order valence-electron chi connectivity index (χ3n) is 5.48. The average Bonchev–Trinajstić information content (AvgIpc) is 2.84. The Bertz CT molecular complexity index is 1180. The van der Waals surface area contributed by atoms with E-state index in [-0.39, 0.29) is 17.3 Å². The molecule has 2 N–H and O–H groups in total. The first-order valence-electron chi connectivity index (χ1n) is 10.8. The Balaban J connectivity index is 1.89. The molecule has 0 radical (unpaired) electrons. The Hall–Kier alpha value is -4.60. The SMILES string of the molecule is COc1ccc(NC(=O)CN=Nc2c([N+](=O)[O-])cc([N+](=O)[O-])c(NC3CCCCC3)c2C#N)cc1. The van der Waals surface area contributed by atoms with Crippen LogP contribution in [0.2, 0.25) is 0 Å². The Labute approximate surface area is 200 Å². The molecule has 1 aliphatic rings. The van der Waals surface area contributed by atoms with Gasteiger partial charge in [-0.3, -0.25) is 25.0 Å². The predicted molar refractivity (Wildman–Crippen MR) is 126 cm³/mol. The van der Waals surface area contributed by atoms with Crippen LogP contribution in [0.25, 0.3) is 0 Å². The molecule has 35 heavy (non-hydrogen) atoms. The van der Waals surface area contributed by atoms with Crippen LogP contribution < -0.4 is 15.4 Å². The number of nitro benzene ring substituents is 2. The minimum Gasteiger partial charge on any atom is -0.497 e. The highest BCUT2D eigenvalue weighted by atomic mass is 16.6. The van der Waals surface area contributed by atoms with Crippen LogP contribution in [-0.2, 0) is 4.79 Å². The van der Waals surface area contributed by atoms with Crippen molar-refractivity contribution in [3.05, 3.63) is 56.1 Å². The third-order valence-corrected chi connectivity index (χ3v) is 5.48. The summed E-state index contributed by atoms with van der Waals surface area (Å²) in [5.74, 6) is 0.0531. The van der Waals surface area contributed by atoms with Crippen LogP contribution in [-0.4, -0.2) is 35.5 Å². The Morgan fingerprint density at radius 3 is 2.37 bits per heavy atom. The number of methoxy groups -OCH3 is 1. The van der Waals surface area contributed by atoms with Gasteiger partial charge in [0.15, 0.2) is 5.69 Å². The molecule has 1 saturated carbocycles. The first-order chi connectivity index (χ1) is 16.8. The number of hydrogen-bond donors (Lipinski definition) is 2. The molecule has 0 saturated heterocycles. The van der Waals surface area contributed by atoms with E-state index in [2.05, 4.69) is 20.9 Å². The van der Waals surface area contributed by atoms with Gasteiger partial charge in [-0.15, -0.1) is 5.11 Å². The van der Waals surface area contributed by atoms with Crippen molar-refractivity contribution in [2.24, 2.45) is 10.2 Å². The summed E-state index contributed by atoms with van der Waals surface area (Å²) < 4.78 is 5.05. The summed E-state index contributed by atoms with van der Waals surface area (Å²) in [5, 5.41) is 46.1. The van der Waals surface area contributed by atoms with Crippen LogP contribution in [0, 0.1) is 31.6 Å². The highest BCUT2D eigenvalue weighted by Gasteiger charge is 2.32. The second kappa shape index (κ2) is 11.5. The number of amides is 1. The first kappa shape index (κ1) is 25.0. The lowest BCUT2D eigenvalue weighted by atomic mass is 9.94. The molecule has 0 atom stereocenters. The lowest BCUT2D eigenvalue weighted by Gasteiger charge is -2.24. The van der Waals surface area contributed by atoms with E-state index in [4.69, 9.17) is 4.74 Å². The largest absolute Gasteiger partial charge is 0.497 e. The summed E-state index contributed by atoms with van der Waals surface area (Å²) in [6, 6.07) is 8.98. The number of nitro groups is 2. The molecule has 1 fully saturated rings. The standard InChI is InChI=1S/C22H23N7O6/c1-35-16-9-7-15(8-10-16)25-20(30)13-24-27-22-17(12-23)21(26-14-5-3-2-4-6-14)18(28(31)32)11-19(22)29(33)34/h7-11,14,26H,2-6,13H2,1H3,(H,25,30). The highest BCUT2D eigenvalue weighted by Crippen LogP contribution is 2.43. The van der Waals surface area contributed by atoms with Crippen LogP contribution >= 0.6 is 0 Å². The fourth-order valence-corrected chi connectivity index (χ4v) is 3.78.